The van der Waals surface area contributed by atoms with Gasteiger partial charge in [-0.05, 0) is 25.3 Å². The maximum atomic E-state index is 13.1. The van der Waals surface area contributed by atoms with Gasteiger partial charge in [-0.25, -0.2) is 4.79 Å². The molecule has 0 fully saturated rings. The summed E-state index contributed by atoms with van der Waals surface area (Å²) in [5, 5.41) is 0. The van der Waals surface area contributed by atoms with Gasteiger partial charge in [0.1, 0.15) is 0 Å². The number of carbonyl (C=O) groups excluding carboxylic acids is 1. The Morgan fingerprint density at radius 3 is 2.08 bits per heavy atom. The molecule has 0 saturated heterocycles. The van der Waals surface area contributed by atoms with Crippen LogP contribution in [0.2, 0.25) is 0 Å². The van der Waals surface area contributed by atoms with Gasteiger partial charge < -0.3 is 4.74 Å². The largest absolute Gasteiger partial charge is 0.461 e. The first-order valence-corrected chi connectivity index (χ1v) is 4.21. The molecule has 0 amide bonds. The number of carbonyl (C=O) groups is 1. The summed E-state index contributed by atoms with van der Waals surface area (Å²) >= 11 is 0. The third-order valence-corrected chi connectivity index (χ3v) is 1.62. The van der Waals surface area contributed by atoms with E-state index in [1.54, 1.807) is 6.92 Å². The van der Waals surface area contributed by atoms with Crippen LogP contribution >= 0.6 is 0 Å². The van der Waals surface area contributed by atoms with E-state index in [1.807, 2.05) is 13.8 Å². The van der Waals surface area contributed by atoms with Gasteiger partial charge in [-0.15, -0.1) is 0 Å². The monoisotopic (exact) mass is 174 g/mol. The number of halogens is 1. The van der Waals surface area contributed by atoms with E-state index in [0.29, 0.717) is 18.4 Å². The van der Waals surface area contributed by atoms with Crippen LogP contribution in [0, 0.1) is 0 Å². The number of rotatable bonds is 4. The van der Waals surface area contributed by atoms with Gasteiger partial charge >= 0.3 is 5.97 Å². The Kier molecular flexibility index (Phi) is 5.34. The molecular weight excluding hydrogens is 159 g/mol. The summed E-state index contributed by atoms with van der Waals surface area (Å²) < 4.78 is 17.6. The summed E-state index contributed by atoms with van der Waals surface area (Å²) in [6.07, 6.45) is 1.11. The van der Waals surface area contributed by atoms with E-state index in [-0.39, 0.29) is 6.61 Å². The molecule has 0 spiro atoms. The fourth-order valence-corrected chi connectivity index (χ4v) is 0.899. The van der Waals surface area contributed by atoms with E-state index in [1.165, 1.54) is 0 Å². The van der Waals surface area contributed by atoms with Crippen LogP contribution in [0.5, 0.6) is 0 Å². The van der Waals surface area contributed by atoms with Gasteiger partial charge in [0.2, 0.25) is 5.83 Å². The molecule has 12 heavy (non-hydrogen) atoms. The lowest BCUT2D eigenvalue weighted by Crippen LogP contribution is -2.06. The van der Waals surface area contributed by atoms with Crippen molar-refractivity contribution in [3.8, 4) is 0 Å². The van der Waals surface area contributed by atoms with Crippen molar-refractivity contribution in [2.75, 3.05) is 6.61 Å². The van der Waals surface area contributed by atoms with Crippen LogP contribution < -0.4 is 0 Å². The Hall–Kier alpha value is -0.860. The van der Waals surface area contributed by atoms with Crippen molar-refractivity contribution in [3.63, 3.8) is 0 Å². The van der Waals surface area contributed by atoms with Crippen LogP contribution in [0.15, 0.2) is 11.4 Å². The molecule has 0 aromatic heterocycles. The van der Waals surface area contributed by atoms with Gasteiger partial charge in [-0.2, -0.15) is 4.39 Å². The topological polar surface area (TPSA) is 26.3 Å². The average molecular weight is 174 g/mol. The molecule has 0 saturated carbocycles. The van der Waals surface area contributed by atoms with Gasteiger partial charge in [0.05, 0.1) is 6.61 Å². The van der Waals surface area contributed by atoms with E-state index in [4.69, 9.17) is 0 Å². The maximum Gasteiger partial charge on any atom is 0.367 e. The van der Waals surface area contributed by atoms with Crippen LogP contribution in [-0.4, -0.2) is 12.6 Å². The number of allylic oxidation sites excluding steroid dienone is 1. The van der Waals surface area contributed by atoms with E-state index >= 15 is 0 Å². The molecule has 0 bridgehead atoms. The quantitative estimate of drug-likeness (QED) is 0.483. The second-order valence-electron chi connectivity index (χ2n) is 2.35. The van der Waals surface area contributed by atoms with Crippen molar-refractivity contribution in [2.45, 2.75) is 33.6 Å². The molecule has 0 aliphatic rings. The molecule has 0 heterocycles. The summed E-state index contributed by atoms with van der Waals surface area (Å²) in [5.41, 5.74) is 0.522. The normalized spacial score (nSPS) is 9.33. The number of hydrogen-bond donors (Lipinski definition) is 0. The molecule has 0 rings (SSSR count). The van der Waals surface area contributed by atoms with Crippen LogP contribution in [0.4, 0.5) is 4.39 Å². The summed E-state index contributed by atoms with van der Waals surface area (Å²) in [5.74, 6) is -1.56. The predicted molar refractivity (Wildman–Crippen MR) is 45.3 cm³/mol. The number of esters is 1. The fourth-order valence-electron chi connectivity index (χ4n) is 0.899. The van der Waals surface area contributed by atoms with Crippen molar-refractivity contribution < 1.29 is 13.9 Å². The highest BCUT2D eigenvalue weighted by Crippen LogP contribution is 2.14. The first kappa shape index (κ1) is 11.1. The lowest BCUT2D eigenvalue weighted by atomic mass is 10.1. The van der Waals surface area contributed by atoms with Gasteiger partial charge in [0, 0.05) is 0 Å². The fraction of sp³-hybridized carbons (Fsp3) is 0.667. The van der Waals surface area contributed by atoms with Crippen LogP contribution in [0.3, 0.4) is 0 Å². The van der Waals surface area contributed by atoms with Gasteiger partial charge in [0.25, 0.3) is 0 Å². The van der Waals surface area contributed by atoms with Gasteiger partial charge in [-0.3, -0.25) is 0 Å². The maximum absolute atomic E-state index is 13.1. The first-order chi connectivity index (χ1) is 5.67. The smallest absolute Gasteiger partial charge is 0.367 e. The molecule has 0 N–H and O–H groups in total. The van der Waals surface area contributed by atoms with Crippen molar-refractivity contribution in [2.24, 2.45) is 0 Å². The lowest BCUT2D eigenvalue weighted by molar-refractivity contribution is -0.140. The van der Waals surface area contributed by atoms with Gasteiger partial charge in [0.15, 0.2) is 0 Å². The summed E-state index contributed by atoms with van der Waals surface area (Å²) in [6.45, 7) is 5.50. The van der Waals surface area contributed by atoms with Crippen LogP contribution in [-0.2, 0) is 9.53 Å². The molecule has 3 heteroatoms. The second kappa shape index (κ2) is 5.75. The minimum atomic E-state index is -0.837. The second-order valence-corrected chi connectivity index (χ2v) is 2.35. The highest BCUT2D eigenvalue weighted by molar-refractivity contribution is 5.86. The molecular formula is C9H15FO2. The Morgan fingerprint density at radius 1 is 1.25 bits per heavy atom. The molecule has 0 radical (unpaired) electrons. The van der Waals surface area contributed by atoms with Crippen LogP contribution in [0.1, 0.15) is 33.6 Å². The Morgan fingerprint density at radius 2 is 1.75 bits per heavy atom. The zero-order chi connectivity index (χ0) is 9.56. The molecule has 0 unspecified atom stereocenters. The van der Waals surface area contributed by atoms with E-state index in [2.05, 4.69) is 4.74 Å². The van der Waals surface area contributed by atoms with E-state index in [0.717, 1.165) is 0 Å². The molecule has 70 valence electrons. The first-order valence-electron chi connectivity index (χ1n) is 4.21. The van der Waals surface area contributed by atoms with Crippen molar-refractivity contribution in [1.29, 1.82) is 0 Å². The molecule has 0 aromatic carbocycles. The Balaban J connectivity index is 4.39. The third kappa shape index (κ3) is 3.03. The van der Waals surface area contributed by atoms with E-state index < -0.39 is 11.8 Å². The average Bonchev–Trinajstić information content (AvgIpc) is 2.07. The Labute approximate surface area is 72.4 Å². The third-order valence-electron chi connectivity index (χ3n) is 1.62. The standard InChI is InChI=1S/C9H15FO2/c1-4-7(5-2)8(10)9(11)12-6-3/h4-6H2,1-3H3. The summed E-state index contributed by atoms with van der Waals surface area (Å²) in [6, 6.07) is 0. The van der Waals surface area contributed by atoms with Gasteiger partial charge in [-0.1, -0.05) is 13.8 Å². The van der Waals surface area contributed by atoms with Crippen LogP contribution in [0.25, 0.3) is 0 Å². The molecule has 2 nitrogen and oxygen atoms in total. The highest BCUT2D eigenvalue weighted by Gasteiger charge is 2.13. The zero-order valence-electron chi connectivity index (χ0n) is 7.82. The van der Waals surface area contributed by atoms with Crippen molar-refractivity contribution in [3.05, 3.63) is 11.4 Å². The SMILES string of the molecule is CCOC(=O)C(F)=C(CC)CC. The summed E-state index contributed by atoms with van der Waals surface area (Å²) in [4.78, 5) is 10.8. The number of ether oxygens (including phenoxy) is 1. The zero-order valence-corrected chi connectivity index (χ0v) is 7.82. The molecule has 0 atom stereocenters. The minimum absolute atomic E-state index is 0.215. The van der Waals surface area contributed by atoms with Crippen molar-refractivity contribution in [1.82, 2.24) is 0 Å². The number of hydrogen-bond acceptors (Lipinski definition) is 2. The highest BCUT2D eigenvalue weighted by atomic mass is 19.1. The van der Waals surface area contributed by atoms with E-state index in [9.17, 15) is 9.18 Å². The molecule has 0 aliphatic heterocycles. The summed E-state index contributed by atoms with van der Waals surface area (Å²) in [7, 11) is 0. The Bertz CT molecular complexity index is 179. The predicted octanol–water partition coefficient (Wildman–Crippen LogP) is 2.59. The minimum Gasteiger partial charge on any atom is -0.461 e. The lowest BCUT2D eigenvalue weighted by Gasteiger charge is -2.03. The molecule has 0 aromatic rings. The van der Waals surface area contributed by atoms with Crippen molar-refractivity contribution >= 4 is 5.97 Å². The molecule has 0 aliphatic carbocycles.